The molecule has 1 heterocycles. The lowest BCUT2D eigenvalue weighted by Crippen LogP contribution is -1.97. The van der Waals surface area contributed by atoms with Gasteiger partial charge in [-0.15, -0.1) is 0 Å². The van der Waals surface area contributed by atoms with Crippen LogP contribution in [-0.4, -0.2) is 11.5 Å². The van der Waals surface area contributed by atoms with Crippen LogP contribution in [0.1, 0.15) is 37.7 Å². The molecule has 0 radical (unpaired) electrons. The summed E-state index contributed by atoms with van der Waals surface area (Å²) in [5, 5.41) is 0.593. The molecule has 0 aliphatic heterocycles. The van der Waals surface area contributed by atoms with E-state index >= 15 is 0 Å². The Balaban J connectivity index is 2.10. The number of hydrogen-bond donors (Lipinski definition) is 1. The van der Waals surface area contributed by atoms with E-state index < -0.39 is 0 Å². The molecule has 3 heteroatoms. The first-order valence-electron chi connectivity index (χ1n) is 5.63. The maximum absolute atomic E-state index is 5.80. The van der Waals surface area contributed by atoms with Crippen molar-refractivity contribution >= 4 is 11.6 Å². The van der Waals surface area contributed by atoms with E-state index in [1.54, 1.807) is 6.20 Å². The Morgan fingerprint density at radius 3 is 2.60 bits per heavy atom. The summed E-state index contributed by atoms with van der Waals surface area (Å²) in [5.74, 6) is 0. The van der Waals surface area contributed by atoms with Crippen molar-refractivity contribution in [3.8, 4) is 0 Å². The van der Waals surface area contributed by atoms with E-state index in [4.69, 9.17) is 17.3 Å². The molecule has 0 aliphatic rings. The minimum atomic E-state index is 0.593. The number of pyridine rings is 1. The standard InChI is InChI=1S/C12H19ClN2/c13-12-10-11(7-9-15-12)6-4-2-1-3-5-8-14/h7,9-10H,1-6,8,14H2. The third-order valence-electron chi connectivity index (χ3n) is 2.46. The van der Waals surface area contributed by atoms with E-state index in [0.717, 1.165) is 19.4 Å². The maximum Gasteiger partial charge on any atom is 0.129 e. The van der Waals surface area contributed by atoms with Crippen molar-refractivity contribution < 1.29 is 0 Å². The lowest BCUT2D eigenvalue weighted by Gasteiger charge is -2.01. The molecule has 0 aliphatic carbocycles. The third kappa shape index (κ3) is 5.75. The van der Waals surface area contributed by atoms with E-state index in [1.807, 2.05) is 12.1 Å². The van der Waals surface area contributed by atoms with Gasteiger partial charge in [-0.05, 0) is 43.5 Å². The molecule has 1 aromatic rings. The first kappa shape index (κ1) is 12.5. The van der Waals surface area contributed by atoms with Crippen molar-refractivity contribution in [3.63, 3.8) is 0 Å². The first-order valence-corrected chi connectivity index (χ1v) is 6.01. The molecule has 0 spiro atoms. The Bertz CT molecular complexity index is 276. The second kappa shape index (κ2) is 7.66. The molecule has 1 aromatic heterocycles. The number of rotatable bonds is 7. The van der Waals surface area contributed by atoms with Crippen LogP contribution in [0.2, 0.25) is 5.15 Å². The minimum Gasteiger partial charge on any atom is -0.330 e. The average Bonchev–Trinajstić information content (AvgIpc) is 2.23. The number of aryl methyl sites for hydroxylation is 1. The Kier molecular flexibility index (Phi) is 6.37. The van der Waals surface area contributed by atoms with Crippen LogP contribution in [0.15, 0.2) is 18.3 Å². The maximum atomic E-state index is 5.80. The molecule has 0 bridgehead atoms. The van der Waals surface area contributed by atoms with Crippen molar-refractivity contribution in [3.05, 3.63) is 29.0 Å². The molecule has 0 aromatic carbocycles. The highest BCUT2D eigenvalue weighted by molar-refractivity contribution is 6.29. The van der Waals surface area contributed by atoms with E-state index in [9.17, 15) is 0 Å². The first-order chi connectivity index (χ1) is 7.33. The van der Waals surface area contributed by atoms with Gasteiger partial charge in [0.25, 0.3) is 0 Å². The Labute approximate surface area is 96.8 Å². The van der Waals surface area contributed by atoms with Gasteiger partial charge < -0.3 is 5.73 Å². The molecule has 15 heavy (non-hydrogen) atoms. The fourth-order valence-corrected chi connectivity index (χ4v) is 1.80. The summed E-state index contributed by atoms with van der Waals surface area (Å²) in [6.45, 7) is 0.819. The molecule has 0 fully saturated rings. The second-order valence-corrected chi connectivity index (χ2v) is 4.18. The van der Waals surface area contributed by atoms with Crippen molar-refractivity contribution in [1.29, 1.82) is 0 Å². The Morgan fingerprint density at radius 1 is 1.13 bits per heavy atom. The highest BCUT2D eigenvalue weighted by Crippen LogP contribution is 2.11. The van der Waals surface area contributed by atoms with Crippen LogP contribution in [0.25, 0.3) is 0 Å². The minimum absolute atomic E-state index is 0.593. The van der Waals surface area contributed by atoms with Gasteiger partial charge in [0.15, 0.2) is 0 Å². The molecule has 1 rings (SSSR count). The van der Waals surface area contributed by atoms with Crippen molar-refractivity contribution in [1.82, 2.24) is 4.98 Å². The van der Waals surface area contributed by atoms with Crippen LogP contribution in [0.4, 0.5) is 0 Å². The molecular formula is C12H19ClN2. The highest BCUT2D eigenvalue weighted by atomic mass is 35.5. The normalized spacial score (nSPS) is 10.5. The molecule has 0 amide bonds. The van der Waals surface area contributed by atoms with Crippen molar-refractivity contribution in [2.45, 2.75) is 38.5 Å². The zero-order chi connectivity index (χ0) is 10.9. The Morgan fingerprint density at radius 2 is 1.87 bits per heavy atom. The zero-order valence-electron chi connectivity index (χ0n) is 9.08. The van der Waals surface area contributed by atoms with E-state index in [-0.39, 0.29) is 0 Å². The number of hydrogen-bond acceptors (Lipinski definition) is 2. The van der Waals surface area contributed by atoms with Gasteiger partial charge in [0.1, 0.15) is 5.15 Å². The van der Waals surface area contributed by atoms with Crippen LogP contribution in [0, 0.1) is 0 Å². The topological polar surface area (TPSA) is 38.9 Å². The highest BCUT2D eigenvalue weighted by Gasteiger charge is 1.95. The zero-order valence-corrected chi connectivity index (χ0v) is 9.84. The summed E-state index contributed by atoms with van der Waals surface area (Å²) >= 11 is 5.80. The summed E-state index contributed by atoms with van der Waals surface area (Å²) in [6.07, 6.45) is 9.08. The lowest BCUT2D eigenvalue weighted by atomic mass is 10.1. The van der Waals surface area contributed by atoms with Crippen LogP contribution < -0.4 is 5.73 Å². The van der Waals surface area contributed by atoms with Gasteiger partial charge in [-0.3, -0.25) is 0 Å². The predicted octanol–water partition coefficient (Wildman–Crippen LogP) is 3.19. The molecule has 0 unspecified atom stereocenters. The SMILES string of the molecule is NCCCCCCCc1ccnc(Cl)c1. The molecule has 2 N–H and O–H groups in total. The van der Waals surface area contributed by atoms with Gasteiger partial charge in [-0.1, -0.05) is 30.9 Å². The number of aromatic nitrogens is 1. The predicted molar refractivity (Wildman–Crippen MR) is 65.1 cm³/mol. The summed E-state index contributed by atoms with van der Waals surface area (Å²) in [4.78, 5) is 3.96. The smallest absolute Gasteiger partial charge is 0.129 e. The molecule has 0 saturated carbocycles. The molecule has 0 saturated heterocycles. The summed E-state index contributed by atoms with van der Waals surface area (Å²) in [6, 6.07) is 3.98. The van der Waals surface area contributed by atoms with E-state index in [1.165, 1.54) is 31.2 Å². The fourth-order valence-electron chi connectivity index (χ4n) is 1.60. The largest absolute Gasteiger partial charge is 0.330 e. The third-order valence-corrected chi connectivity index (χ3v) is 2.67. The van der Waals surface area contributed by atoms with Gasteiger partial charge in [-0.2, -0.15) is 0 Å². The van der Waals surface area contributed by atoms with E-state index in [0.29, 0.717) is 5.15 Å². The summed E-state index contributed by atoms with van der Waals surface area (Å²) in [7, 11) is 0. The number of nitrogens with zero attached hydrogens (tertiary/aromatic N) is 1. The summed E-state index contributed by atoms with van der Waals surface area (Å²) in [5.41, 5.74) is 6.72. The number of unbranched alkanes of at least 4 members (excludes halogenated alkanes) is 4. The van der Waals surface area contributed by atoms with Gasteiger partial charge in [0.05, 0.1) is 0 Å². The van der Waals surface area contributed by atoms with Crippen LogP contribution in [0.5, 0.6) is 0 Å². The lowest BCUT2D eigenvalue weighted by molar-refractivity contribution is 0.618. The van der Waals surface area contributed by atoms with Crippen molar-refractivity contribution in [2.75, 3.05) is 6.54 Å². The second-order valence-electron chi connectivity index (χ2n) is 3.79. The fraction of sp³-hybridized carbons (Fsp3) is 0.583. The van der Waals surface area contributed by atoms with Crippen LogP contribution in [-0.2, 0) is 6.42 Å². The van der Waals surface area contributed by atoms with Crippen LogP contribution in [0.3, 0.4) is 0 Å². The quantitative estimate of drug-likeness (QED) is 0.573. The molecule has 2 nitrogen and oxygen atoms in total. The van der Waals surface area contributed by atoms with Crippen molar-refractivity contribution in [2.24, 2.45) is 5.73 Å². The van der Waals surface area contributed by atoms with Gasteiger partial charge >= 0.3 is 0 Å². The van der Waals surface area contributed by atoms with Crippen LogP contribution >= 0.6 is 11.6 Å². The summed E-state index contributed by atoms with van der Waals surface area (Å²) < 4.78 is 0. The molecule has 0 atom stereocenters. The van der Waals surface area contributed by atoms with E-state index in [2.05, 4.69) is 4.98 Å². The van der Waals surface area contributed by atoms with Gasteiger partial charge in [0.2, 0.25) is 0 Å². The number of nitrogens with two attached hydrogens (primary N) is 1. The monoisotopic (exact) mass is 226 g/mol. The van der Waals surface area contributed by atoms with Gasteiger partial charge in [0, 0.05) is 6.20 Å². The van der Waals surface area contributed by atoms with Gasteiger partial charge in [-0.25, -0.2) is 4.98 Å². The molecule has 84 valence electrons. The Hall–Kier alpha value is -0.600. The molecular weight excluding hydrogens is 208 g/mol. The average molecular weight is 227 g/mol. The number of halogens is 1.